The molecule has 0 aromatic rings. The predicted octanol–water partition coefficient (Wildman–Crippen LogP) is 8.54. The second-order valence-corrected chi connectivity index (χ2v) is 17.5. The third-order valence-corrected chi connectivity index (χ3v) is 11.4. The Kier molecular flexibility index (Phi) is 9.69. The molecule has 41 heavy (non-hydrogen) atoms. The van der Waals surface area contributed by atoms with E-state index >= 15 is 0 Å². The minimum absolute atomic E-state index is 0.0492. The fourth-order valence-electron chi connectivity index (χ4n) is 8.06. The van der Waals surface area contributed by atoms with Gasteiger partial charge in [0, 0.05) is 6.92 Å². The van der Waals surface area contributed by atoms with Crippen LogP contribution in [0.25, 0.3) is 0 Å². The Morgan fingerprint density at radius 3 is 1.68 bits per heavy atom. The molecule has 0 aliphatic heterocycles. The molecule has 2 aliphatic carbocycles. The van der Waals surface area contributed by atoms with E-state index in [0.29, 0.717) is 25.9 Å². The van der Waals surface area contributed by atoms with Gasteiger partial charge in [-0.3, -0.25) is 14.4 Å². The third kappa shape index (κ3) is 6.51. The minimum Gasteiger partial charge on any atom is -0.469 e. The maximum absolute atomic E-state index is 13.7. The highest BCUT2D eigenvalue weighted by atomic mass is 16.5. The van der Waals surface area contributed by atoms with Gasteiger partial charge in [-0.15, -0.1) is 0 Å². The van der Waals surface area contributed by atoms with Crippen molar-refractivity contribution in [3.63, 3.8) is 0 Å². The lowest BCUT2D eigenvalue weighted by Gasteiger charge is -2.44. The van der Waals surface area contributed by atoms with Gasteiger partial charge in [-0.25, -0.2) is 0 Å². The highest BCUT2D eigenvalue weighted by Gasteiger charge is 2.80. The van der Waals surface area contributed by atoms with Crippen LogP contribution in [-0.4, -0.2) is 37.7 Å². The van der Waals surface area contributed by atoms with E-state index < -0.39 is 10.8 Å². The lowest BCUT2D eigenvalue weighted by molar-refractivity contribution is -0.160. The SMILES string of the molecule is CCCCOC(=O)C1(CC(C)(C)C)CC1(C)C(C)(C)CC1(C(=O)OC)CC1(C)C(C)(C)CC(OC(C)=O)C(C)(C)C. The van der Waals surface area contributed by atoms with Crippen LogP contribution in [0.3, 0.4) is 0 Å². The summed E-state index contributed by atoms with van der Waals surface area (Å²) in [5.74, 6) is -0.557. The lowest BCUT2D eigenvalue weighted by atomic mass is 9.60. The second-order valence-electron chi connectivity index (χ2n) is 17.5. The molecule has 5 atom stereocenters. The van der Waals surface area contributed by atoms with E-state index in [2.05, 4.69) is 90.0 Å². The molecule has 2 rings (SSSR count). The molecule has 2 saturated carbocycles. The first-order valence-electron chi connectivity index (χ1n) is 15.7. The van der Waals surface area contributed by atoms with Crippen molar-refractivity contribution in [2.24, 2.45) is 43.3 Å². The molecule has 0 aromatic heterocycles. The van der Waals surface area contributed by atoms with E-state index in [9.17, 15) is 14.4 Å². The fraction of sp³-hybridized carbons (Fsp3) is 0.914. The Balaban J connectivity index is 2.47. The highest BCUT2D eigenvalue weighted by Crippen LogP contribution is 2.82. The lowest BCUT2D eigenvalue weighted by Crippen LogP contribution is -2.44. The number of hydrogen-bond acceptors (Lipinski definition) is 6. The van der Waals surface area contributed by atoms with Gasteiger partial charge in [-0.05, 0) is 71.0 Å². The topological polar surface area (TPSA) is 78.9 Å². The Hall–Kier alpha value is -1.59. The van der Waals surface area contributed by atoms with E-state index in [-0.39, 0.29) is 56.5 Å². The summed E-state index contributed by atoms with van der Waals surface area (Å²) in [4.78, 5) is 39.5. The van der Waals surface area contributed by atoms with Gasteiger partial charge in [0.2, 0.25) is 0 Å². The van der Waals surface area contributed by atoms with Crippen molar-refractivity contribution >= 4 is 17.9 Å². The minimum atomic E-state index is -0.696. The van der Waals surface area contributed by atoms with E-state index in [4.69, 9.17) is 14.2 Å². The van der Waals surface area contributed by atoms with E-state index in [1.165, 1.54) is 14.0 Å². The van der Waals surface area contributed by atoms with Crippen LogP contribution >= 0.6 is 0 Å². The van der Waals surface area contributed by atoms with E-state index in [1.807, 2.05) is 0 Å². The molecule has 0 aromatic carbocycles. The van der Waals surface area contributed by atoms with Gasteiger partial charge in [0.15, 0.2) is 0 Å². The van der Waals surface area contributed by atoms with Crippen molar-refractivity contribution in [1.29, 1.82) is 0 Å². The molecule has 6 nitrogen and oxygen atoms in total. The van der Waals surface area contributed by atoms with Gasteiger partial charge in [0.1, 0.15) is 6.10 Å². The number of esters is 3. The largest absolute Gasteiger partial charge is 0.469 e. The molecule has 0 saturated heterocycles. The number of carbonyl (C=O) groups is 3. The molecule has 238 valence electrons. The first-order chi connectivity index (χ1) is 18.3. The fourth-order valence-corrected chi connectivity index (χ4v) is 8.06. The zero-order valence-electron chi connectivity index (χ0n) is 29.2. The summed E-state index contributed by atoms with van der Waals surface area (Å²) >= 11 is 0. The van der Waals surface area contributed by atoms with Crippen LogP contribution in [0, 0.1) is 43.3 Å². The summed E-state index contributed by atoms with van der Waals surface area (Å²) in [6.45, 7) is 30.1. The summed E-state index contributed by atoms with van der Waals surface area (Å²) in [5.41, 5.74) is -2.92. The van der Waals surface area contributed by atoms with Crippen molar-refractivity contribution in [3.8, 4) is 0 Å². The molecule has 5 unspecified atom stereocenters. The normalized spacial score (nSPS) is 30.8. The number of carbonyl (C=O) groups excluding carboxylic acids is 3. The van der Waals surface area contributed by atoms with Gasteiger partial charge >= 0.3 is 17.9 Å². The van der Waals surface area contributed by atoms with Crippen molar-refractivity contribution in [2.75, 3.05) is 13.7 Å². The molecular weight excluding hydrogens is 516 g/mol. The molecule has 2 aliphatic rings. The maximum atomic E-state index is 13.7. The van der Waals surface area contributed by atoms with Gasteiger partial charge in [-0.1, -0.05) is 96.4 Å². The van der Waals surface area contributed by atoms with Crippen molar-refractivity contribution < 1.29 is 28.6 Å². The molecule has 0 bridgehead atoms. The molecule has 6 heteroatoms. The van der Waals surface area contributed by atoms with Gasteiger partial charge in [0.05, 0.1) is 24.5 Å². The van der Waals surface area contributed by atoms with Crippen LogP contribution in [0.2, 0.25) is 0 Å². The predicted molar refractivity (Wildman–Crippen MR) is 164 cm³/mol. The van der Waals surface area contributed by atoms with Crippen LogP contribution in [0.5, 0.6) is 0 Å². The average molecular weight is 579 g/mol. The summed E-state index contributed by atoms with van der Waals surface area (Å²) in [6.07, 6.45) is 5.01. The summed E-state index contributed by atoms with van der Waals surface area (Å²) in [7, 11) is 1.48. The Bertz CT molecular complexity index is 997. The summed E-state index contributed by atoms with van der Waals surface area (Å²) < 4.78 is 17.2. The van der Waals surface area contributed by atoms with Crippen LogP contribution in [-0.2, 0) is 28.6 Å². The molecule has 2 fully saturated rings. The van der Waals surface area contributed by atoms with Crippen LogP contribution in [0.1, 0.15) is 142 Å². The van der Waals surface area contributed by atoms with Crippen molar-refractivity contribution in [3.05, 3.63) is 0 Å². The molecular formula is C35H62O6. The van der Waals surface area contributed by atoms with Crippen molar-refractivity contribution in [2.45, 2.75) is 148 Å². The monoisotopic (exact) mass is 578 g/mol. The molecule has 0 heterocycles. The Labute approximate surface area is 251 Å². The van der Waals surface area contributed by atoms with E-state index in [1.54, 1.807) is 0 Å². The molecule has 0 amide bonds. The number of ether oxygens (including phenoxy) is 3. The van der Waals surface area contributed by atoms with Crippen LogP contribution in [0.15, 0.2) is 0 Å². The molecule has 0 spiro atoms. The smallest absolute Gasteiger partial charge is 0.312 e. The zero-order chi connectivity index (χ0) is 32.1. The molecule has 0 radical (unpaired) electrons. The second kappa shape index (κ2) is 11.2. The standard InChI is InChI=1S/C35H62O6/c1-16-17-18-40-27(38)34(20-28(3,4)5)23-33(34,14)31(11,12)21-35(26(37)39-15)22-32(35,13)30(9,10)19-25(29(6,7)8)41-24(2)36/h25H,16-23H2,1-15H3. The van der Waals surface area contributed by atoms with Crippen molar-refractivity contribution in [1.82, 2.24) is 0 Å². The average Bonchev–Trinajstić information content (AvgIpc) is 3.62. The first kappa shape index (κ1) is 35.6. The Morgan fingerprint density at radius 1 is 0.780 bits per heavy atom. The summed E-state index contributed by atoms with van der Waals surface area (Å²) in [6, 6.07) is 0. The maximum Gasteiger partial charge on any atom is 0.312 e. The van der Waals surface area contributed by atoms with Crippen LogP contribution < -0.4 is 0 Å². The van der Waals surface area contributed by atoms with Gasteiger partial charge < -0.3 is 14.2 Å². The highest BCUT2D eigenvalue weighted by molar-refractivity contribution is 5.84. The number of methoxy groups -OCH3 is 1. The quantitative estimate of drug-likeness (QED) is 0.124. The number of unbranched alkanes of at least 4 members (excludes halogenated alkanes) is 1. The van der Waals surface area contributed by atoms with Crippen LogP contribution in [0.4, 0.5) is 0 Å². The Morgan fingerprint density at radius 2 is 1.27 bits per heavy atom. The number of hydrogen-bond donors (Lipinski definition) is 0. The third-order valence-electron chi connectivity index (χ3n) is 11.4. The zero-order valence-corrected chi connectivity index (χ0v) is 29.2. The summed E-state index contributed by atoms with van der Waals surface area (Å²) in [5, 5.41) is 0. The number of rotatable bonds is 13. The molecule has 0 N–H and O–H groups in total. The van der Waals surface area contributed by atoms with E-state index in [0.717, 1.165) is 25.7 Å². The van der Waals surface area contributed by atoms with Gasteiger partial charge in [0.25, 0.3) is 0 Å². The first-order valence-corrected chi connectivity index (χ1v) is 15.7. The van der Waals surface area contributed by atoms with Gasteiger partial charge in [-0.2, -0.15) is 0 Å².